The molecule has 0 aliphatic carbocycles. The Balaban J connectivity index is 1.98. The van der Waals surface area contributed by atoms with Gasteiger partial charge in [-0.1, -0.05) is 4.99 Å². The molecule has 8 nitrogen and oxygen atoms in total. The van der Waals surface area contributed by atoms with Crippen LogP contribution in [0.2, 0.25) is 0 Å². The van der Waals surface area contributed by atoms with E-state index in [0.29, 0.717) is 5.84 Å². The molecule has 0 aromatic rings. The van der Waals surface area contributed by atoms with Gasteiger partial charge in [0.15, 0.2) is 0 Å². The molecular formula is C13H21N6O2+. The van der Waals surface area contributed by atoms with Gasteiger partial charge in [-0.15, -0.1) is 0 Å². The average Bonchev–Trinajstić information content (AvgIpc) is 2.81. The minimum Gasteiger partial charge on any atom is -0.300 e. The highest BCUT2D eigenvalue weighted by Gasteiger charge is 2.53. The number of hydrogen-bond donors (Lipinski definition) is 0. The van der Waals surface area contributed by atoms with E-state index in [1.165, 1.54) is 11.9 Å². The first-order valence-corrected chi connectivity index (χ1v) is 7.09. The van der Waals surface area contributed by atoms with Gasteiger partial charge < -0.3 is 4.90 Å². The van der Waals surface area contributed by atoms with E-state index in [-0.39, 0.29) is 11.9 Å². The molecule has 0 aromatic heterocycles. The fraction of sp³-hybridized carbons (Fsp3) is 0.692. The van der Waals surface area contributed by atoms with E-state index in [9.17, 15) is 9.59 Å². The Labute approximate surface area is 123 Å². The number of guanidine groups is 1. The summed E-state index contributed by atoms with van der Waals surface area (Å²) >= 11 is 0. The van der Waals surface area contributed by atoms with Gasteiger partial charge >= 0.3 is 12.0 Å². The Morgan fingerprint density at radius 3 is 2.29 bits per heavy atom. The van der Waals surface area contributed by atoms with Gasteiger partial charge in [-0.25, -0.2) is 9.69 Å². The van der Waals surface area contributed by atoms with Crippen LogP contribution < -0.4 is 0 Å². The normalized spacial score (nSPS) is 27.5. The summed E-state index contributed by atoms with van der Waals surface area (Å²) in [6, 6.07) is -0.824. The molecular weight excluding hydrogens is 272 g/mol. The third kappa shape index (κ3) is 2.01. The Morgan fingerprint density at radius 2 is 1.67 bits per heavy atom. The lowest BCUT2D eigenvalue weighted by molar-refractivity contribution is -0.544. The first kappa shape index (κ1) is 14.0. The number of hydrogen-bond acceptors (Lipinski definition) is 3. The maximum atomic E-state index is 12.4. The molecule has 21 heavy (non-hydrogen) atoms. The lowest BCUT2D eigenvalue weighted by Crippen LogP contribution is -2.62. The Hall–Kier alpha value is -1.96. The van der Waals surface area contributed by atoms with Crippen molar-refractivity contribution >= 4 is 23.7 Å². The van der Waals surface area contributed by atoms with E-state index in [4.69, 9.17) is 0 Å². The number of aliphatic imine (C=N–C) groups is 1. The number of carbonyl (C=O) groups excluding carboxylic acids is 2. The van der Waals surface area contributed by atoms with Crippen LogP contribution in [0.3, 0.4) is 0 Å². The van der Waals surface area contributed by atoms with Crippen LogP contribution in [-0.2, 0) is 4.79 Å². The fourth-order valence-electron chi connectivity index (χ4n) is 2.97. The molecule has 3 amide bonds. The number of rotatable bonds is 0. The number of nitrogens with zero attached hydrogens (tertiary/aromatic N) is 6. The number of carbonyl (C=O) groups is 2. The van der Waals surface area contributed by atoms with Crippen LogP contribution in [0.5, 0.6) is 0 Å². The van der Waals surface area contributed by atoms with Crippen LogP contribution in [0.1, 0.15) is 0 Å². The van der Waals surface area contributed by atoms with Crippen molar-refractivity contribution in [3.8, 4) is 0 Å². The number of fused-ring (bicyclic) bond motifs is 1. The maximum Gasteiger partial charge on any atom is 0.392 e. The molecule has 1 unspecified atom stereocenters. The van der Waals surface area contributed by atoms with Crippen molar-refractivity contribution in [2.45, 2.75) is 6.04 Å². The standard InChI is InChI=1S/C13H21N6O2/c1-15-5-7-19(8-6-15)12-14-10-9(16(12)2)11(20)18(4)13(21)17(10)3/h9H,5-8H2,1-4H3/q+1. The summed E-state index contributed by atoms with van der Waals surface area (Å²) in [4.78, 5) is 35.7. The summed E-state index contributed by atoms with van der Waals surface area (Å²) in [6.45, 7) is 3.69. The number of urea groups is 1. The van der Waals surface area contributed by atoms with Gasteiger partial charge in [0.05, 0.1) is 20.1 Å². The van der Waals surface area contributed by atoms with E-state index in [0.717, 1.165) is 37.0 Å². The third-order valence-electron chi connectivity index (χ3n) is 4.43. The monoisotopic (exact) mass is 293 g/mol. The molecule has 0 aromatic carbocycles. The average molecular weight is 293 g/mol. The second-order valence-corrected chi connectivity index (χ2v) is 5.81. The molecule has 3 aliphatic heterocycles. The third-order valence-corrected chi connectivity index (χ3v) is 4.43. The molecule has 0 N–H and O–H groups in total. The molecule has 1 atom stereocenters. The van der Waals surface area contributed by atoms with Crippen LogP contribution >= 0.6 is 0 Å². The van der Waals surface area contributed by atoms with Crippen molar-refractivity contribution in [3.63, 3.8) is 0 Å². The smallest absolute Gasteiger partial charge is 0.300 e. The van der Waals surface area contributed by atoms with Gasteiger partial charge in [-0.05, 0) is 7.05 Å². The van der Waals surface area contributed by atoms with Crippen LogP contribution in [-0.4, -0.2) is 108 Å². The first-order chi connectivity index (χ1) is 9.91. The second-order valence-electron chi connectivity index (χ2n) is 5.81. The molecule has 2 saturated heterocycles. The quantitative estimate of drug-likeness (QED) is 0.512. The number of likely N-dealkylation sites (N-methyl/N-ethyl adjacent to an activating group) is 4. The summed E-state index contributed by atoms with van der Waals surface area (Å²) in [6.07, 6.45) is 0. The van der Waals surface area contributed by atoms with Crippen molar-refractivity contribution in [2.24, 2.45) is 4.99 Å². The lowest BCUT2D eigenvalue weighted by atomic mass is 10.1. The minimum absolute atomic E-state index is 0.219. The van der Waals surface area contributed by atoms with Crippen molar-refractivity contribution in [2.75, 3.05) is 54.4 Å². The summed E-state index contributed by atoms with van der Waals surface area (Å²) in [5, 5.41) is 0. The maximum absolute atomic E-state index is 12.4. The Bertz CT molecular complexity index is 559. The molecule has 0 saturated carbocycles. The van der Waals surface area contributed by atoms with Crippen molar-refractivity contribution in [3.05, 3.63) is 0 Å². The molecule has 0 spiro atoms. The van der Waals surface area contributed by atoms with Gasteiger partial charge in [-0.2, -0.15) is 0 Å². The number of amides is 3. The molecule has 114 valence electrons. The summed E-state index contributed by atoms with van der Waals surface area (Å²) in [5.41, 5.74) is 0. The van der Waals surface area contributed by atoms with E-state index in [1.807, 2.05) is 11.9 Å². The van der Waals surface area contributed by atoms with Gasteiger partial charge in [-0.3, -0.25) is 19.2 Å². The van der Waals surface area contributed by atoms with Gasteiger partial charge in [0.2, 0.25) is 11.9 Å². The topological polar surface area (TPSA) is 62.5 Å². The zero-order valence-electron chi connectivity index (χ0n) is 12.9. The van der Waals surface area contributed by atoms with Crippen molar-refractivity contribution in [1.82, 2.24) is 19.6 Å². The molecule has 3 aliphatic rings. The Kier molecular flexibility index (Phi) is 3.20. The summed E-state index contributed by atoms with van der Waals surface area (Å²) < 4.78 is 2.18. The highest BCUT2D eigenvalue weighted by Crippen LogP contribution is 2.21. The SMILES string of the molecule is CN1CC[N+](=C2N=C3C(C(=O)N(C)C(=O)N3C)N2C)CC1. The molecule has 0 radical (unpaired) electrons. The predicted molar refractivity (Wildman–Crippen MR) is 77.4 cm³/mol. The summed E-state index contributed by atoms with van der Waals surface area (Å²) in [7, 11) is 7.14. The van der Waals surface area contributed by atoms with Gasteiger partial charge in [0.25, 0.3) is 5.91 Å². The highest BCUT2D eigenvalue weighted by molar-refractivity contribution is 6.25. The zero-order chi connectivity index (χ0) is 15.3. The van der Waals surface area contributed by atoms with Gasteiger partial charge in [0.1, 0.15) is 0 Å². The zero-order valence-corrected chi connectivity index (χ0v) is 12.9. The van der Waals surface area contributed by atoms with E-state index in [2.05, 4.69) is 21.5 Å². The van der Waals surface area contributed by atoms with E-state index >= 15 is 0 Å². The van der Waals surface area contributed by atoms with Crippen LogP contribution in [0, 0.1) is 0 Å². The van der Waals surface area contributed by atoms with Crippen LogP contribution in [0.15, 0.2) is 4.99 Å². The molecule has 0 bridgehead atoms. The molecule has 8 heteroatoms. The van der Waals surface area contributed by atoms with Crippen molar-refractivity contribution in [1.29, 1.82) is 0 Å². The molecule has 3 rings (SSSR count). The Morgan fingerprint density at radius 1 is 1.05 bits per heavy atom. The molecule has 3 heterocycles. The minimum atomic E-state index is -0.493. The van der Waals surface area contributed by atoms with Crippen LogP contribution in [0.25, 0.3) is 0 Å². The fourth-order valence-corrected chi connectivity index (χ4v) is 2.97. The molecule has 2 fully saturated rings. The van der Waals surface area contributed by atoms with Crippen LogP contribution in [0.4, 0.5) is 4.79 Å². The number of amidine groups is 1. The lowest BCUT2D eigenvalue weighted by Gasteiger charge is -2.32. The summed E-state index contributed by atoms with van der Waals surface area (Å²) in [5.74, 6) is 1.09. The van der Waals surface area contributed by atoms with E-state index in [1.54, 1.807) is 7.05 Å². The first-order valence-electron chi connectivity index (χ1n) is 7.09. The van der Waals surface area contributed by atoms with Crippen molar-refractivity contribution < 1.29 is 14.2 Å². The van der Waals surface area contributed by atoms with Gasteiger partial charge in [0, 0.05) is 27.2 Å². The predicted octanol–water partition coefficient (Wildman–Crippen LogP) is -1.46. The number of piperazine rings is 1. The highest BCUT2D eigenvalue weighted by atomic mass is 16.2. The number of imide groups is 1. The largest absolute Gasteiger partial charge is 0.392 e. The second kappa shape index (κ2) is 4.80. The van der Waals surface area contributed by atoms with E-state index < -0.39 is 6.04 Å².